The summed E-state index contributed by atoms with van der Waals surface area (Å²) >= 11 is 5.49. The monoisotopic (exact) mass is 202 g/mol. The van der Waals surface area contributed by atoms with Crippen LogP contribution in [-0.4, -0.2) is 16.5 Å². The van der Waals surface area contributed by atoms with E-state index in [2.05, 4.69) is 4.98 Å². The minimum absolute atomic E-state index is 0.0788. The Hall–Kier alpha value is -1.36. The van der Waals surface area contributed by atoms with Gasteiger partial charge in [0.15, 0.2) is 0 Å². The van der Waals surface area contributed by atoms with E-state index >= 15 is 0 Å². The third-order valence-electron chi connectivity index (χ3n) is 1.31. The van der Waals surface area contributed by atoms with Gasteiger partial charge >= 0.3 is 5.69 Å². The first kappa shape index (κ1) is 9.73. The topological polar surface area (TPSA) is 65.3 Å². The molecule has 1 aromatic heterocycles. The van der Waals surface area contributed by atoms with Gasteiger partial charge in [-0.15, -0.1) is 0 Å². The van der Waals surface area contributed by atoms with Crippen molar-refractivity contribution >= 4 is 17.3 Å². The highest BCUT2D eigenvalue weighted by atomic mass is 35.5. The van der Waals surface area contributed by atoms with Crippen LogP contribution >= 0.6 is 11.6 Å². The van der Waals surface area contributed by atoms with E-state index in [0.29, 0.717) is 6.61 Å². The Balaban J connectivity index is 3.10. The second-order valence-corrected chi connectivity index (χ2v) is 2.55. The van der Waals surface area contributed by atoms with E-state index in [0.717, 1.165) is 6.07 Å². The van der Waals surface area contributed by atoms with Gasteiger partial charge < -0.3 is 4.74 Å². The van der Waals surface area contributed by atoms with Gasteiger partial charge in [0, 0.05) is 0 Å². The van der Waals surface area contributed by atoms with Crippen molar-refractivity contribution in [2.24, 2.45) is 0 Å². The Morgan fingerprint density at radius 2 is 2.46 bits per heavy atom. The Bertz CT molecular complexity index is 330. The molecule has 0 aliphatic carbocycles. The van der Waals surface area contributed by atoms with E-state index in [9.17, 15) is 10.1 Å². The molecule has 5 nitrogen and oxygen atoms in total. The number of ether oxygens (including phenoxy) is 1. The average molecular weight is 203 g/mol. The molecule has 0 saturated heterocycles. The highest BCUT2D eigenvalue weighted by molar-refractivity contribution is 6.29. The maximum absolute atomic E-state index is 10.5. The molecule has 0 aromatic carbocycles. The quantitative estimate of drug-likeness (QED) is 0.427. The Morgan fingerprint density at radius 3 is 3.00 bits per heavy atom. The van der Waals surface area contributed by atoms with Crippen LogP contribution in [0.4, 0.5) is 5.69 Å². The van der Waals surface area contributed by atoms with Crippen LogP contribution in [-0.2, 0) is 0 Å². The molecule has 1 rings (SSSR count). The van der Waals surface area contributed by atoms with Crippen LogP contribution in [0, 0.1) is 10.1 Å². The number of hydrogen-bond acceptors (Lipinski definition) is 4. The fraction of sp³-hybridized carbons (Fsp3) is 0.286. The molecule has 1 heterocycles. The number of aromatic nitrogens is 1. The van der Waals surface area contributed by atoms with Crippen LogP contribution in [0.1, 0.15) is 6.92 Å². The van der Waals surface area contributed by atoms with Crippen molar-refractivity contribution in [1.29, 1.82) is 0 Å². The zero-order valence-electron chi connectivity index (χ0n) is 6.86. The molecule has 0 N–H and O–H groups in total. The molecule has 0 aliphatic rings. The second-order valence-electron chi connectivity index (χ2n) is 2.16. The first-order valence-corrected chi connectivity index (χ1v) is 3.95. The smallest absolute Gasteiger partial charge is 0.315 e. The van der Waals surface area contributed by atoms with Gasteiger partial charge in [-0.1, -0.05) is 11.6 Å². The van der Waals surface area contributed by atoms with Gasteiger partial charge in [0.1, 0.15) is 5.15 Å². The number of nitrogens with zero attached hydrogens (tertiary/aromatic N) is 2. The van der Waals surface area contributed by atoms with E-state index in [-0.39, 0.29) is 16.6 Å². The molecule has 0 amide bonds. The number of rotatable bonds is 3. The van der Waals surface area contributed by atoms with Gasteiger partial charge in [-0.05, 0) is 6.92 Å². The molecule has 6 heteroatoms. The number of pyridine rings is 1. The van der Waals surface area contributed by atoms with Crippen molar-refractivity contribution in [2.75, 3.05) is 6.61 Å². The Kier molecular flexibility index (Phi) is 3.02. The lowest BCUT2D eigenvalue weighted by Gasteiger charge is -2.02. The molecular weight excluding hydrogens is 196 g/mol. The van der Waals surface area contributed by atoms with E-state index in [1.165, 1.54) is 6.20 Å². The van der Waals surface area contributed by atoms with Gasteiger partial charge in [-0.3, -0.25) is 10.1 Å². The molecular formula is C7H7ClN2O3. The van der Waals surface area contributed by atoms with E-state index < -0.39 is 4.92 Å². The summed E-state index contributed by atoms with van der Waals surface area (Å²) in [6.45, 7) is 2.09. The summed E-state index contributed by atoms with van der Waals surface area (Å²) < 4.78 is 4.99. The van der Waals surface area contributed by atoms with Crippen molar-refractivity contribution in [3.63, 3.8) is 0 Å². The van der Waals surface area contributed by atoms with Crippen LogP contribution in [0.15, 0.2) is 12.3 Å². The summed E-state index contributed by atoms with van der Waals surface area (Å²) in [7, 11) is 0. The lowest BCUT2D eigenvalue weighted by molar-refractivity contribution is -0.385. The normalized spacial score (nSPS) is 9.69. The van der Waals surface area contributed by atoms with Crippen molar-refractivity contribution in [1.82, 2.24) is 4.98 Å². The standard InChI is InChI=1S/C7H7ClN2O3/c1-2-13-6-4-9-7(8)3-5(6)10(11)12/h3-4H,2H2,1H3. The molecule has 0 atom stereocenters. The first-order valence-electron chi connectivity index (χ1n) is 3.58. The molecule has 0 spiro atoms. The van der Waals surface area contributed by atoms with Crippen molar-refractivity contribution in [3.05, 3.63) is 27.5 Å². The molecule has 0 aliphatic heterocycles. The third-order valence-corrected chi connectivity index (χ3v) is 1.52. The van der Waals surface area contributed by atoms with E-state index in [1.54, 1.807) is 6.92 Å². The Labute approximate surface area is 79.5 Å². The van der Waals surface area contributed by atoms with Crippen molar-refractivity contribution in [2.45, 2.75) is 6.92 Å². The Morgan fingerprint density at radius 1 is 1.77 bits per heavy atom. The first-order chi connectivity index (χ1) is 6.15. The van der Waals surface area contributed by atoms with Crippen LogP contribution in [0.25, 0.3) is 0 Å². The molecule has 0 fully saturated rings. The predicted octanol–water partition coefficient (Wildman–Crippen LogP) is 2.04. The van der Waals surface area contributed by atoms with Gasteiger partial charge in [-0.2, -0.15) is 0 Å². The van der Waals surface area contributed by atoms with Gasteiger partial charge in [0.25, 0.3) is 0 Å². The van der Waals surface area contributed by atoms with Crippen LogP contribution < -0.4 is 4.74 Å². The summed E-state index contributed by atoms with van der Waals surface area (Å²) in [4.78, 5) is 13.6. The second kappa shape index (κ2) is 4.04. The molecule has 13 heavy (non-hydrogen) atoms. The molecule has 0 bridgehead atoms. The van der Waals surface area contributed by atoms with Crippen LogP contribution in [0.2, 0.25) is 5.15 Å². The number of nitro groups is 1. The highest BCUT2D eigenvalue weighted by Gasteiger charge is 2.15. The van der Waals surface area contributed by atoms with Gasteiger partial charge in [0.2, 0.25) is 5.75 Å². The largest absolute Gasteiger partial charge is 0.486 e. The van der Waals surface area contributed by atoms with Gasteiger partial charge in [-0.25, -0.2) is 4.98 Å². The number of halogens is 1. The van der Waals surface area contributed by atoms with E-state index in [1.807, 2.05) is 0 Å². The summed E-state index contributed by atoms with van der Waals surface area (Å²) in [6, 6.07) is 1.16. The summed E-state index contributed by atoms with van der Waals surface area (Å²) in [6.07, 6.45) is 1.24. The summed E-state index contributed by atoms with van der Waals surface area (Å²) in [5.74, 6) is 0.136. The summed E-state index contributed by atoms with van der Waals surface area (Å²) in [5.41, 5.74) is -0.165. The molecule has 70 valence electrons. The highest BCUT2D eigenvalue weighted by Crippen LogP contribution is 2.27. The minimum Gasteiger partial charge on any atom is -0.486 e. The van der Waals surface area contributed by atoms with Crippen molar-refractivity contribution < 1.29 is 9.66 Å². The molecule has 1 aromatic rings. The number of hydrogen-bond donors (Lipinski definition) is 0. The molecule has 0 radical (unpaired) electrons. The lowest BCUT2D eigenvalue weighted by atomic mass is 10.4. The van der Waals surface area contributed by atoms with Gasteiger partial charge in [0.05, 0.1) is 23.8 Å². The SMILES string of the molecule is CCOc1cnc(Cl)cc1[N+](=O)[O-]. The zero-order chi connectivity index (χ0) is 9.84. The van der Waals surface area contributed by atoms with Crippen LogP contribution in [0.3, 0.4) is 0 Å². The lowest BCUT2D eigenvalue weighted by Crippen LogP contribution is -1.98. The maximum atomic E-state index is 10.5. The predicted molar refractivity (Wildman–Crippen MR) is 47.1 cm³/mol. The maximum Gasteiger partial charge on any atom is 0.315 e. The van der Waals surface area contributed by atoms with Crippen molar-refractivity contribution in [3.8, 4) is 5.75 Å². The minimum atomic E-state index is -0.557. The van der Waals surface area contributed by atoms with Crippen LogP contribution in [0.5, 0.6) is 5.75 Å². The fourth-order valence-corrected chi connectivity index (χ4v) is 0.969. The van der Waals surface area contributed by atoms with E-state index in [4.69, 9.17) is 16.3 Å². The third kappa shape index (κ3) is 2.29. The zero-order valence-corrected chi connectivity index (χ0v) is 7.61. The fourth-order valence-electron chi connectivity index (χ4n) is 0.817. The molecule has 0 saturated carbocycles. The average Bonchev–Trinajstić information content (AvgIpc) is 2.08. The molecule has 0 unspecified atom stereocenters. The summed E-state index contributed by atoms with van der Waals surface area (Å²) in [5, 5.41) is 10.6.